The molecule has 0 saturated carbocycles. The lowest BCUT2D eigenvalue weighted by atomic mass is 9.95. The lowest BCUT2D eigenvalue weighted by Crippen LogP contribution is -2.37. The Morgan fingerprint density at radius 2 is 1.97 bits per heavy atom. The van der Waals surface area contributed by atoms with Gasteiger partial charge >= 0.3 is 12.0 Å². The summed E-state index contributed by atoms with van der Waals surface area (Å²) in [6.07, 6.45) is 1.40. The highest BCUT2D eigenvalue weighted by atomic mass is 79.9. The van der Waals surface area contributed by atoms with Crippen molar-refractivity contribution in [2.45, 2.75) is 13.0 Å². The predicted octanol–water partition coefficient (Wildman–Crippen LogP) is 4.94. The quantitative estimate of drug-likeness (QED) is 0.284. The van der Waals surface area contributed by atoms with Crippen molar-refractivity contribution in [3.63, 3.8) is 0 Å². The van der Waals surface area contributed by atoms with Crippen LogP contribution in [0.1, 0.15) is 28.9 Å². The number of anilines is 2. The molecule has 1 atom stereocenters. The topological polar surface area (TPSA) is 131 Å². The summed E-state index contributed by atoms with van der Waals surface area (Å²) in [6, 6.07) is 13.7. The number of fused-ring (bicyclic) bond motifs is 1. The highest BCUT2D eigenvalue weighted by Gasteiger charge is 2.31. The lowest BCUT2D eigenvalue weighted by Gasteiger charge is -2.27. The molecule has 0 aliphatic carbocycles. The van der Waals surface area contributed by atoms with E-state index in [1.165, 1.54) is 43.6 Å². The first-order valence-corrected chi connectivity index (χ1v) is 12.1. The minimum atomic E-state index is -0.736. The maximum Gasteiger partial charge on any atom is 0.338 e. The maximum atomic E-state index is 13.6. The first-order valence-electron chi connectivity index (χ1n) is 11.3. The smallest absolute Gasteiger partial charge is 0.338 e. The van der Waals surface area contributed by atoms with E-state index in [4.69, 9.17) is 14.1 Å². The van der Waals surface area contributed by atoms with Crippen LogP contribution in [0.2, 0.25) is 0 Å². The van der Waals surface area contributed by atoms with Crippen LogP contribution in [-0.2, 0) is 9.53 Å². The average Bonchev–Trinajstić information content (AvgIpc) is 3.29. The third-order valence-electron chi connectivity index (χ3n) is 5.68. The van der Waals surface area contributed by atoms with Gasteiger partial charge in [-0.05, 0) is 42.8 Å². The van der Waals surface area contributed by atoms with Crippen molar-refractivity contribution < 1.29 is 23.1 Å². The number of esters is 1. The molecule has 1 unspecified atom stereocenters. The number of nitrogens with zero attached hydrogens (tertiary/aromatic N) is 3. The van der Waals surface area contributed by atoms with E-state index in [0.29, 0.717) is 16.8 Å². The van der Waals surface area contributed by atoms with Gasteiger partial charge in [-0.2, -0.15) is 4.98 Å². The largest absolute Gasteiger partial charge is 0.465 e. The van der Waals surface area contributed by atoms with Crippen molar-refractivity contribution in [3.05, 3.63) is 93.5 Å². The second-order valence-electron chi connectivity index (χ2n) is 8.20. The Bertz CT molecular complexity index is 1630. The summed E-state index contributed by atoms with van der Waals surface area (Å²) in [5, 5.41) is 8.78. The third-order valence-corrected chi connectivity index (χ3v) is 6.41. The molecule has 12 heteroatoms. The van der Waals surface area contributed by atoms with Crippen LogP contribution in [0.3, 0.4) is 0 Å². The molecule has 1 aliphatic rings. The van der Waals surface area contributed by atoms with E-state index in [1.54, 1.807) is 6.92 Å². The fourth-order valence-electron chi connectivity index (χ4n) is 3.94. The Morgan fingerprint density at radius 3 is 2.76 bits per heavy atom. The van der Waals surface area contributed by atoms with Crippen LogP contribution in [0.25, 0.3) is 11.1 Å². The molecule has 2 aromatic heterocycles. The standard InChI is InChI=1S/C26H20BrFN6O4/c1-13-21(23(35)32-20-11-14(9-10-29-20)24(36)37-2)22(16-5-3-4-6-17(16)27)33-25(30-13)34-26-31-18-8-7-15(28)12-19(18)38-26/h3-12,22H,1-2H3,(H,29,32,35)(H2,30,31,33,34). The van der Waals surface area contributed by atoms with E-state index in [-0.39, 0.29) is 28.9 Å². The molecule has 3 heterocycles. The van der Waals surface area contributed by atoms with Gasteiger partial charge < -0.3 is 19.8 Å². The third kappa shape index (κ3) is 5.11. The zero-order valence-corrected chi connectivity index (χ0v) is 21.7. The molecule has 2 aromatic carbocycles. The number of methoxy groups -OCH3 is 1. The Hall–Kier alpha value is -4.58. The van der Waals surface area contributed by atoms with Crippen LogP contribution in [-0.4, -0.2) is 34.9 Å². The number of nitrogens with one attached hydrogen (secondary N) is 3. The van der Waals surface area contributed by atoms with Gasteiger partial charge in [-0.1, -0.05) is 34.1 Å². The van der Waals surface area contributed by atoms with Crippen molar-refractivity contribution >= 4 is 56.7 Å². The van der Waals surface area contributed by atoms with Crippen LogP contribution >= 0.6 is 15.9 Å². The summed E-state index contributed by atoms with van der Waals surface area (Å²) < 4.78 is 24.7. The van der Waals surface area contributed by atoms with Gasteiger partial charge in [0.05, 0.1) is 18.2 Å². The molecule has 0 spiro atoms. The van der Waals surface area contributed by atoms with E-state index in [0.717, 1.165) is 10.0 Å². The maximum absolute atomic E-state index is 13.6. The zero-order valence-electron chi connectivity index (χ0n) is 20.1. The summed E-state index contributed by atoms with van der Waals surface area (Å²) in [5.41, 5.74) is 2.56. The molecule has 5 rings (SSSR count). The van der Waals surface area contributed by atoms with Crippen molar-refractivity contribution in [3.8, 4) is 0 Å². The first kappa shape index (κ1) is 25.1. The number of carbonyl (C=O) groups excluding carboxylic acids is 2. The molecule has 1 amide bonds. The van der Waals surface area contributed by atoms with Gasteiger partial charge in [0.15, 0.2) is 5.58 Å². The monoisotopic (exact) mass is 578 g/mol. The minimum absolute atomic E-state index is 0.104. The summed E-state index contributed by atoms with van der Waals surface area (Å²) >= 11 is 3.55. The molecule has 0 saturated heterocycles. The molecule has 3 N–H and O–H groups in total. The Balaban J connectivity index is 1.47. The SMILES string of the molecule is COC(=O)c1ccnc(NC(=O)C2=C(C)NC(Nc3nc4ccc(F)cc4o3)=NC2c2ccccc2Br)c1. The summed E-state index contributed by atoms with van der Waals surface area (Å²) in [4.78, 5) is 38.6. The van der Waals surface area contributed by atoms with Crippen molar-refractivity contribution in [1.29, 1.82) is 0 Å². The Labute approximate surface area is 224 Å². The highest BCUT2D eigenvalue weighted by Crippen LogP contribution is 2.35. The minimum Gasteiger partial charge on any atom is -0.465 e. The number of allylic oxidation sites excluding steroid dienone is 1. The molecular weight excluding hydrogens is 559 g/mol. The number of hydrogen-bond acceptors (Lipinski definition) is 9. The van der Waals surface area contributed by atoms with Gasteiger partial charge in [-0.3, -0.25) is 10.1 Å². The van der Waals surface area contributed by atoms with Crippen LogP contribution in [0.4, 0.5) is 16.2 Å². The van der Waals surface area contributed by atoms with Gasteiger partial charge in [0.2, 0.25) is 5.96 Å². The zero-order chi connectivity index (χ0) is 26.8. The van der Waals surface area contributed by atoms with E-state index < -0.39 is 23.7 Å². The number of oxazole rings is 1. The number of benzene rings is 2. The Kier molecular flexibility index (Phi) is 6.88. The Morgan fingerprint density at radius 1 is 1.16 bits per heavy atom. The number of guanidine groups is 1. The number of hydrogen-bond donors (Lipinski definition) is 3. The number of amides is 1. The van der Waals surface area contributed by atoms with Crippen LogP contribution in [0.15, 0.2) is 85.9 Å². The second kappa shape index (κ2) is 10.4. The van der Waals surface area contributed by atoms with Crippen molar-refractivity contribution in [1.82, 2.24) is 15.3 Å². The van der Waals surface area contributed by atoms with Gasteiger partial charge in [0.1, 0.15) is 23.2 Å². The van der Waals surface area contributed by atoms with E-state index in [1.807, 2.05) is 24.3 Å². The van der Waals surface area contributed by atoms with Gasteiger partial charge in [0, 0.05) is 22.4 Å². The van der Waals surface area contributed by atoms with Crippen molar-refractivity contribution in [2.75, 3.05) is 17.7 Å². The fourth-order valence-corrected chi connectivity index (χ4v) is 4.44. The normalized spacial score (nSPS) is 15.1. The molecule has 4 aromatic rings. The molecule has 38 heavy (non-hydrogen) atoms. The molecule has 0 bridgehead atoms. The number of carbonyl (C=O) groups is 2. The number of rotatable bonds is 5. The number of pyridine rings is 1. The number of aromatic nitrogens is 2. The predicted molar refractivity (Wildman–Crippen MR) is 142 cm³/mol. The summed E-state index contributed by atoms with van der Waals surface area (Å²) in [7, 11) is 1.27. The molecule has 0 radical (unpaired) electrons. The molecule has 1 aliphatic heterocycles. The van der Waals surface area contributed by atoms with Gasteiger partial charge in [-0.15, -0.1) is 0 Å². The fraction of sp³-hybridized carbons (Fsp3) is 0.115. The molecule has 0 fully saturated rings. The first-order chi connectivity index (χ1) is 18.3. The van der Waals surface area contributed by atoms with E-state index in [2.05, 4.69) is 41.8 Å². The van der Waals surface area contributed by atoms with Gasteiger partial charge in [0.25, 0.3) is 5.91 Å². The second-order valence-corrected chi connectivity index (χ2v) is 9.05. The number of ether oxygens (including phenoxy) is 1. The van der Waals surface area contributed by atoms with E-state index in [9.17, 15) is 14.0 Å². The lowest BCUT2D eigenvalue weighted by molar-refractivity contribution is -0.113. The van der Waals surface area contributed by atoms with Gasteiger partial charge in [-0.25, -0.2) is 19.2 Å². The average molecular weight is 579 g/mol. The van der Waals surface area contributed by atoms with Crippen LogP contribution < -0.4 is 16.0 Å². The molecule has 10 nitrogen and oxygen atoms in total. The summed E-state index contributed by atoms with van der Waals surface area (Å²) in [6.45, 7) is 1.73. The summed E-state index contributed by atoms with van der Waals surface area (Å²) in [5.74, 6) is -1.01. The van der Waals surface area contributed by atoms with Crippen molar-refractivity contribution in [2.24, 2.45) is 4.99 Å². The molecular formula is C26H20BrFN6O4. The number of halogens is 2. The number of aliphatic imine (C=N–C) groups is 1. The molecule has 192 valence electrons. The highest BCUT2D eigenvalue weighted by molar-refractivity contribution is 9.10. The van der Waals surface area contributed by atoms with Crippen LogP contribution in [0.5, 0.6) is 0 Å². The van der Waals surface area contributed by atoms with Crippen LogP contribution in [0, 0.1) is 5.82 Å². The van der Waals surface area contributed by atoms with E-state index >= 15 is 0 Å².